The van der Waals surface area contributed by atoms with Crippen LogP contribution in [0, 0.1) is 0 Å². The second-order valence-electron chi connectivity index (χ2n) is 7.74. The van der Waals surface area contributed by atoms with Crippen LogP contribution in [0.3, 0.4) is 0 Å². The summed E-state index contributed by atoms with van der Waals surface area (Å²) in [5.74, 6) is -0.129. The van der Waals surface area contributed by atoms with Gasteiger partial charge in [-0.1, -0.05) is 97.9 Å². The van der Waals surface area contributed by atoms with Crippen LogP contribution in [0.15, 0.2) is 91.0 Å². The predicted molar refractivity (Wildman–Crippen MR) is 134 cm³/mol. The first-order chi connectivity index (χ1) is 16.5. The maximum absolute atomic E-state index is 9.54. The Labute approximate surface area is 202 Å². The van der Waals surface area contributed by atoms with Gasteiger partial charge in [-0.2, -0.15) is 0 Å². The van der Waals surface area contributed by atoms with Gasteiger partial charge in [0, 0.05) is 18.9 Å². The van der Waals surface area contributed by atoms with E-state index in [1.54, 1.807) is 0 Å². The summed E-state index contributed by atoms with van der Waals surface area (Å²) in [5.41, 5.74) is 2.62. The third kappa shape index (κ3) is 11.0. The zero-order chi connectivity index (χ0) is 25.2. The molecule has 3 unspecified atom stereocenters. The van der Waals surface area contributed by atoms with Gasteiger partial charge in [0.15, 0.2) is 0 Å². The summed E-state index contributed by atoms with van der Waals surface area (Å²) in [5, 5.41) is 54.4. The van der Waals surface area contributed by atoms with Gasteiger partial charge in [-0.3, -0.25) is 0 Å². The van der Waals surface area contributed by atoms with E-state index in [0.29, 0.717) is 12.8 Å². The van der Waals surface area contributed by atoms with Crippen molar-refractivity contribution in [2.45, 2.75) is 44.0 Å². The highest BCUT2D eigenvalue weighted by Gasteiger charge is 2.15. The minimum Gasteiger partial charge on any atom is -0.396 e. The van der Waals surface area contributed by atoms with Crippen molar-refractivity contribution >= 4 is 0 Å². The van der Waals surface area contributed by atoms with Crippen LogP contribution in [-0.4, -0.2) is 56.6 Å². The molecule has 3 aromatic rings. The lowest BCUT2D eigenvalue weighted by atomic mass is 10.0. The monoisotopic (exact) mass is 470 g/mol. The van der Waals surface area contributed by atoms with Gasteiger partial charge in [-0.25, -0.2) is 0 Å². The third-order valence-corrected chi connectivity index (χ3v) is 5.22. The predicted octanol–water partition coefficient (Wildman–Crippen LogP) is 3.35. The smallest absolute Gasteiger partial charge is 0.105 e. The van der Waals surface area contributed by atoms with Crippen LogP contribution in [-0.2, 0) is 0 Å². The second-order valence-corrected chi connectivity index (χ2v) is 7.74. The lowest BCUT2D eigenvalue weighted by Gasteiger charge is -2.15. The second kappa shape index (κ2) is 17.8. The van der Waals surface area contributed by atoms with Gasteiger partial charge in [0.2, 0.25) is 0 Å². The minimum atomic E-state index is -0.754. The van der Waals surface area contributed by atoms with Gasteiger partial charge in [0.05, 0.1) is 25.4 Å². The van der Waals surface area contributed by atoms with Crippen molar-refractivity contribution in [1.29, 1.82) is 0 Å². The van der Waals surface area contributed by atoms with E-state index in [0.717, 1.165) is 16.7 Å². The van der Waals surface area contributed by atoms with Crippen LogP contribution in [0.25, 0.3) is 0 Å². The summed E-state index contributed by atoms with van der Waals surface area (Å²) in [6.07, 6.45) is -0.968. The maximum Gasteiger partial charge on any atom is 0.105 e. The van der Waals surface area contributed by atoms with Gasteiger partial charge in [0.25, 0.3) is 0 Å². The molecule has 3 aromatic carbocycles. The number of hydrogen-bond donors (Lipinski definition) is 6. The summed E-state index contributed by atoms with van der Waals surface area (Å²) in [7, 11) is 0. The fraction of sp³-hybridized carbons (Fsp3) is 0.357. The molecule has 0 saturated heterocycles. The molecule has 6 heteroatoms. The van der Waals surface area contributed by atoms with E-state index in [2.05, 4.69) is 0 Å². The van der Waals surface area contributed by atoms with E-state index >= 15 is 0 Å². The Morgan fingerprint density at radius 1 is 0.588 bits per heavy atom. The summed E-state index contributed by atoms with van der Waals surface area (Å²) in [6, 6.07) is 28.0. The van der Waals surface area contributed by atoms with E-state index in [4.69, 9.17) is 15.3 Å². The Hall–Kier alpha value is -2.58. The molecule has 3 atom stereocenters. The molecule has 0 aromatic heterocycles. The number of benzene rings is 3. The van der Waals surface area contributed by atoms with Crippen LogP contribution in [0.5, 0.6) is 0 Å². The van der Waals surface area contributed by atoms with E-state index in [9.17, 15) is 15.3 Å². The fourth-order valence-electron chi connectivity index (χ4n) is 3.05. The summed E-state index contributed by atoms with van der Waals surface area (Å²) < 4.78 is 0. The molecule has 0 bridgehead atoms. The van der Waals surface area contributed by atoms with E-state index in [-0.39, 0.29) is 25.7 Å². The van der Waals surface area contributed by atoms with Crippen LogP contribution < -0.4 is 0 Å². The van der Waals surface area contributed by atoms with E-state index < -0.39 is 18.3 Å². The molecule has 0 aliphatic heterocycles. The van der Waals surface area contributed by atoms with Crippen molar-refractivity contribution < 1.29 is 30.6 Å². The molecule has 0 heterocycles. The molecule has 0 amide bonds. The van der Waals surface area contributed by atoms with Gasteiger partial charge in [-0.15, -0.1) is 0 Å². The fourth-order valence-corrected chi connectivity index (χ4v) is 3.05. The van der Waals surface area contributed by atoms with Gasteiger partial charge in [-0.05, 0) is 23.1 Å². The number of rotatable bonds is 9. The van der Waals surface area contributed by atoms with Gasteiger partial charge in [0.1, 0.15) is 6.10 Å². The highest BCUT2D eigenvalue weighted by Crippen LogP contribution is 2.18. The van der Waals surface area contributed by atoms with Crippen LogP contribution >= 0.6 is 0 Å². The molecule has 186 valence electrons. The largest absolute Gasteiger partial charge is 0.396 e. The molecule has 6 N–H and O–H groups in total. The standard InChI is InChI=1S/C10H14O2.2C9H12O2/c1-2-9(11)10(12)8-6-4-3-5-7-8;10-6-9(7-11)8-4-2-1-3-5-8;10-7-6-9(11)8-4-2-1-3-5-8/h3-7,9-12H,2H2,1H3;2*1-5,9-11H,6-7H2. The molecule has 34 heavy (non-hydrogen) atoms. The molecule has 0 fully saturated rings. The van der Waals surface area contributed by atoms with E-state index in [1.165, 1.54) is 0 Å². The molecule has 0 aliphatic carbocycles. The van der Waals surface area contributed by atoms with Crippen molar-refractivity contribution in [3.05, 3.63) is 108 Å². The van der Waals surface area contributed by atoms with Crippen LogP contribution in [0.1, 0.15) is 54.6 Å². The Bertz CT molecular complexity index is 841. The average Bonchev–Trinajstić information content (AvgIpc) is 2.91. The summed E-state index contributed by atoms with van der Waals surface area (Å²) in [4.78, 5) is 0. The first-order valence-electron chi connectivity index (χ1n) is 11.5. The lowest BCUT2D eigenvalue weighted by molar-refractivity contribution is 0.0165. The highest BCUT2D eigenvalue weighted by atomic mass is 16.3. The normalized spacial score (nSPS) is 13.1. The Kier molecular flexibility index (Phi) is 15.5. The van der Waals surface area contributed by atoms with Crippen molar-refractivity contribution in [1.82, 2.24) is 0 Å². The van der Waals surface area contributed by atoms with Crippen molar-refractivity contribution in [3.63, 3.8) is 0 Å². The van der Waals surface area contributed by atoms with E-state index in [1.807, 2.05) is 97.9 Å². The maximum atomic E-state index is 9.54. The average molecular weight is 471 g/mol. The molecule has 0 saturated carbocycles. The Balaban J connectivity index is 0.000000255. The minimum absolute atomic E-state index is 0.000509. The molecule has 0 radical (unpaired) electrons. The molecular formula is C28H38O6. The summed E-state index contributed by atoms with van der Waals surface area (Å²) >= 11 is 0. The zero-order valence-electron chi connectivity index (χ0n) is 19.7. The highest BCUT2D eigenvalue weighted by molar-refractivity contribution is 5.20. The van der Waals surface area contributed by atoms with Crippen LogP contribution in [0.4, 0.5) is 0 Å². The molecule has 6 nitrogen and oxygen atoms in total. The lowest BCUT2D eigenvalue weighted by Crippen LogP contribution is -2.16. The SMILES string of the molecule is CCC(O)C(O)c1ccccc1.OCC(CO)c1ccccc1.OCCC(O)c1ccccc1. The zero-order valence-corrected chi connectivity index (χ0v) is 19.7. The van der Waals surface area contributed by atoms with Crippen molar-refractivity contribution in [2.75, 3.05) is 19.8 Å². The van der Waals surface area contributed by atoms with Gasteiger partial charge >= 0.3 is 0 Å². The Morgan fingerprint density at radius 3 is 1.38 bits per heavy atom. The van der Waals surface area contributed by atoms with Crippen molar-refractivity contribution in [2.24, 2.45) is 0 Å². The van der Waals surface area contributed by atoms with Crippen molar-refractivity contribution in [3.8, 4) is 0 Å². The number of aliphatic hydroxyl groups is 6. The topological polar surface area (TPSA) is 121 Å². The first kappa shape index (κ1) is 29.5. The third-order valence-electron chi connectivity index (χ3n) is 5.22. The number of hydrogen-bond acceptors (Lipinski definition) is 6. The Morgan fingerprint density at radius 2 is 1.00 bits per heavy atom. The molecule has 3 rings (SSSR count). The number of aliphatic hydroxyl groups excluding tert-OH is 6. The van der Waals surface area contributed by atoms with Gasteiger partial charge < -0.3 is 30.6 Å². The summed E-state index contributed by atoms with van der Waals surface area (Å²) in [6.45, 7) is 1.87. The van der Waals surface area contributed by atoms with Crippen LogP contribution in [0.2, 0.25) is 0 Å². The molecule has 0 spiro atoms. The molecule has 0 aliphatic rings. The quantitative estimate of drug-likeness (QED) is 0.285. The first-order valence-corrected chi connectivity index (χ1v) is 11.5. The molecular weight excluding hydrogens is 432 g/mol.